The lowest BCUT2D eigenvalue weighted by molar-refractivity contribution is -0.130. The molecule has 7 heteroatoms. The maximum Gasteiger partial charge on any atom is 0.231 e. The summed E-state index contributed by atoms with van der Waals surface area (Å²) in [5.41, 5.74) is 0.954. The average molecular weight is 416 g/mol. The van der Waals surface area contributed by atoms with Crippen molar-refractivity contribution < 1.29 is 19.1 Å². The van der Waals surface area contributed by atoms with Crippen LogP contribution in [0.2, 0.25) is 0 Å². The molecule has 0 radical (unpaired) electrons. The van der Waals surface area contributed by atoms with Crippen LogP contribution in [-0.2, 0) is 16.0 Å². The van der Waals surface area contributed by atoms with Crippen LogP contribution >= 0.6 is 0 Å². The van der Waals surface area contributed by atoms with Crippen molar-refractivity contribution in [2.24, 2.45) is 0 Å². The van der Waals surface area contributed by atoms with Crippen molar-refractivity contribution in [3.63, 3.8) is 0 Å². The summed E-state index contributed by atoms with van der Waals surface area (Å²) >= 11 is 0. The van der Waals surface area contributed by atoms with E-state index in [1.165, 1.54) is 12.8 Å². The number of nitrogens with one attached hydrogen (secondary N) is 1. The van der Waals surface area contributed by atoms with Crippen LogP contribution in [-0.4, -0.2) is 67.2 Å². The molecule has 7 nitrogen and oxygen atoms in total. The summed E-state index contributed by atoms with van der Waals surface area (Å²) in [6.45, 7) is 4.45. The van der Waals surface area contributed by atoms with E-state index in [2.05, 4.69) is 10.2 Å². The summed E-state index contributed by atoms with van der Waals surface area (Å²) in [6.07, 6.45) is 7.23. The summed E-state index contributed by atoms with van der Waals surface area (Å²) in [4.78, 5) is 29.8. The van der Waals surface area contributed by atoms with Crippen LogP contribution in [0.3, 0.4) is 0 Å². The second-order valence-electron chi connectivity index (χ2n) is 8.55. The summed E-state index contributed by atoms with van der Waals surface area (Å²) in [7, 11) is 0. The molecule has 3 heterocycles. The minimum atomic E-state index is 0.156. The highest BCUT2D eigenvalue weighted by atomic mass is 16.7. The normalized spacial score (nSPS) is 23.5. The van der Waals surface area contributed by atoms with Gasteiger partial charge in [-0.05, 0) is 56.3 Å². The van der Waals surface area contributed by atoms with E-state index in [-0.39, 0.29) is 18.6 Å². The summed E-state index contributed by atoms with van der Waals surface area (Å²) < 4.78 is 10.8. The van der Waals surface area contributed by atoms with Crippen LogP contribution in [0.5, 0.6) is 11.5 Å². The molecule has 2 saturated heterocycles. The minimum Gasteiger partial charge on any atom is -0.454 e. The Morgan fingerprint density at radius 3 is 2.73 bits per heavy atom. The van der Waals surface area contributed by atoms with Gasteiger partial charge in [0, 0.05) is 38.6 Å². The number of carbonyl (C=O) groups is 2. The number of piperidine rings is 1. The molecule has 4 rings (SSSR count). The first-order valence-corrected chi connectivity index (χ1v) is 11.4. The average Bonchev–Trinajstić information content (AvgIpc) is 3.21. The van der Waals surface area contributed by atoms with Crippen molar-refractivity contribution in [1.82, 2.24) is 15.1 Å². The highest BCUT2D eigenvalue weighted by molar-refractivity contribution is 5.79. The number of nitrogens with zero attached hydrogens (tertiary/aromatic N) is 2. The van der Waals surface area contributed by atoms with Crippen molar-refractivity contribution >= 4 is 11.8 Å². The molecule has 0 aliphatic carbocycles. The molecule has 164 valence electrons. The molecule has 2 amide bonds. The number of ether oxygens (including phenoxy) is 2. The Kier molecular flexibility index (Phi) is 7.10. The zero-order valence-electron chi connectivity index (χ0n) is 17.7. The van der Waals surface area contributed by atoms with Crippen molar-refractivity contribution in [3.8, 4) is 11.5 Å². The molecule has 0 bridgehead atoms. The number of hydrogen-bond acceptors (Lipinski definition) is 5. The van der Waals surface area contributed by atoms with E-state index in [0.29, 0.717) is 25.4 Å². The Bertz CT molecular complexity index is 754. The summed E-state index contributed by atoms with van der Waals surface area (Å²) in [6, 6.07) is 6.08. The quantitative estimate of drug-likeness (QED) is 0.803. The van der Waals surface area contributed by atoms with E-state index in [0.717, 1.165) is 68.9 Å². The third-order valence-corrected chi connectivity index (χ3v) is 6.37. The van der Waals surface area contributed by atoms with E-state index in [1.54, 1.807) is 0 Å². The summed E-state index contributed by atoms with van der Waals surface area (Å²) in [5, 5.41) is 3.07. The zero-order chi connectivity index (χ0) is 20.8. The molecular formula is C23H33N3O4. The molecule has 2 fully saturated rings. The third-order valence-electron chi connectivity index (χ3n) is 6.37. The smallest absolute Gasteiger partial charge is 0.231 e. The predicted octanol–water partition coefficient (Wildman–Crippen LogP) is 2.33. The molecule has 0 spiro atoms. The van der Waals surface area contributed by atoms with Gasteiger partial charge >= 0.3 is 0 Å². The molecule has 1 aromatic carbocycles. The third kappa shape index (κ3) is 5.45. The molecule has 1 unspecified atom stereocenters. The second kappa shape index (κ2) is 10.2. The number of rotatable bonds is 2. The van der Waals surface area contributed by atoms with Crippen LogP contribution in [0, 0.1) is 0 Å². The first-order valence-electron chi connectivity index (χ1n) is 11.4. The monoisotopic (exact) mass is 415 g/mol. The largest absolute Gasteiger partial charge is 0.454 e. The molecule has 1 atom stereocenters. The topological polar surface area (TPSA) is 71.1 Å². The standard InChI is InChI=1S/C23H33N3O4/c27-22-16-19-6-1-3-10-25(19)12-5-13-26(11-4-2-9-24-22)23(28)15-18-7-8-20-21(14-18)30-17-29-20/h7-8,14,19H,1-6,9-13,15-17H2,(H,24,27). The van der Waals surface area contributed by atoms with E-state index in [9.17, 15) is 9.59 Å². The molecule has 3 aliphatic heterocycles. The van der Waals surface area contributed by atoms with Gasteiger partial charge in [0.15, 0.2) is 11.5 Å². The zero-order valence-corrected chi connectivity index (χ0v) is 17.7. The van der Waals surface area contributed by atoms with Crippen LogP contribution in [0.15, 0.2) is 18.2 Å². The molecule has 30 heavy (non-hydrogen) atoms. The molecule has 1 aromatic rings. The van der Waals surface area contributed by atoms with Gasteiger partial charge in [0.05, 0.1) is 6.42 Å². The first kappa shape index (κ1) is 21.0. The Morgan fingerprint density at radius 1 is 1.00 bits per heavy atom. The predicted molar refractivity (Wildman–Crippen MR) is 114 cm³/mol. The number of fused-ring (bicyclic) bond motifs is 2. The fraction of sp³-hybridized carbons (Fsp3) is 0.652. The van der Waals surface area contributed by atoms with Gasteiger partial charge in [0.1, 0.15) is 0 Å². The van der Waals surface area contributed by atoms with Gasteiger partial charge in [-0.25, -0.2) is 0 Å². The lowest BCUT2D eigenvalue weighted by Gasteiger charge is -2.35. The molecular weight excluding hydrogens is 382 g/mol. The maximum absolute atomic E-state index is 13.1. The van der Waals surface area contributed by atoms with Crippen molar-refractivity contribution in [1.29, 1.82) is 0 Å². The number of benzene rings is 1. The lowest BCUT2D eigenvalue weighted by atomic mass is 9.98. The Balaban J connectivity index is 1.38. The Hall–Kier alpha value is -2.28. The van der Waals surface area contributed by atoms with Crippen molar-refractivity contribution in [2.75, 3.05) is 39.5 Å². The number of carbonyl (C=O) groups excluding carboxylic acids is 2. The fourth-order valence-electron chi connectivity index (χ4n) is 4.69. The van der Waals surface area contributed by atoms with Gasteiger partial charge in [-0.2, -0.15) is 0 Å². The highest BCUT2D eigenvalue weighted by Gasteiger charge is 2.25. The van der Waals surface area contributed by atoms with Crippen LogP contribution in [0.25, 0.3) is 0 Å². The van der Waals surface area contributed by atoms with Gasteiger partial charge in [-0.3, -0.25) is 14.5 Å². The Labute approximate surface area is 178 Å². The van der Waals surface area contributed by atoms with E-state index in [1.807, 2.05) is 23.1 Å². The van der Waals surface area contributed by atoms with Crippen molar-refractivity contribution in [2.45, 2.75) is 57.4 Å². The number of amides is 2. The highest BCUT2D eigenvalue weighted by Crippen LogP contribution is 2.32. The SMILES string of the molecule is O=C1CC2CCCCN2CCCN(C(=O)Cc2ccc3c(c2)OCO3)CCCCN1. The van der Waals surface area contributed by atoms with Crippen LogP contribution in [0.1, 0.15) is 50.5 Å². The van der Waals surface area contributed by atoms with Crippen LogP contribution in [0.4, 0.5) is 0 Å². The van der Waals surface area contributed by atoms with Crippen LogP contribution < -0.4 is 14.8 Å². The van der Waals surface area contributed by atoms with E-state index in [4.69, 9.17) is 9.47 Å². The summed E-state index contributed by atoms with van der Waals surface area (Å²) in [5.74, 6) is 1.79. The van der Waals surface area contributed by atoms with Crippen molar-refractivity contribution in [3.05, 3.63) is 23.8 Å². The molecule has 1 N–H and O–H groups in total. The fourth-order valence-corrected chi connectivity index (χ4v) is 4.69. The van der Waals surface area contributed by atoms with Gasteiger partial charge in [-0.1, -0.05) is 12.5 Å². The van der Waals surface area contributed by atoms with Gasteiger partial charge < -0.3 is 19.7 Å². The van der Waals surface area contributed by atoms with E-state index >= 15 is 0 Å². The minimum absolute atomic E-state index is 0.156. The molecule has 0 aromatic heterocycles. The van der Waals surface area contributed by atoms with Gasteiger partial charge in [0.25, 0.3) is 0 Å². The molecule has 0 saturated carbocycles. The Morgan fingerprint density at radius 2 is 1.80 bits per heavy atom. The molecule has 3 aliphatic rings. The maximum atomic E-state index is 13.1. The second-order valence-corrected chi connectivity index (χ2v) is 8.55. The lowest BCUT2D eigenvalue weighted by Crippen LogP contribution is -2.44. The number of hydrogen-bond donors (Lipinski definition) is 1. The van der Waals surface area contributed by atoms with Gasteiger partial charge in [0.2, 0.25) is 18.6 Å². The van der Waals surface area contributed by atoms with Gasteiger partial charge in [-0.15, -0.1) is 0 Å². The van der Waals surface area contributed by atoms with E-state index < -0.39 is 0 Å². The first-order chi connectivity index (χ1) is 14.7.